The molecular weight excluding hydrogens is 305 g/mol. The Morgan fingerprint density at radius 3 is 1.81 bits per heavy atom. The van der Waals surface area contributed by atoms with Crippen molar-refractivity contribution in [1.82, 2.24) is 9.97 Å². The monoisotopic (exact) mass is 315 g/mol. The highest BCUT2D eigenvalue weighted by atomic mass is 35.5. The molecule has 0 unspecified atom stereocenters. The second kappa shape index (κ2) is 5.72. The molecular formula is C16H11Cl2N3. The topological polar surface area (TPSA) is 51.8 Å². The number of hydrogen-bond donors (Lipinski definition) is 1. The molecule has 2 N–H and O–H groups in total. The number of benzene rings is 2. The summed E-state index contributed by atoms with van der Waals surface area (Å²) in [6.45, 7) is 0. The van der Waals surface area contributed by atoms with Crippen molar-refractivity contribution < 1.29 is 0 Å². The van der Waals surface area contributed by atoms with Crippen LogP contribution in [0.4, 0.5) is 5.82 Å². The lowest BCUT2D eigenvalue weighted by atomic mass is 10.1. The zero-order valence-corrected chi connectivity index (χ0v) is 12.4. The Morgan fingerprint density at radius 1 is 0.714 bits per heavy atom. The van der Waals surface area contributed by atoms with E-state index in [9.17, 15) is 0 Å². The first kappa shape index (κ1) is 13.9. The molecule has 2 aromatic carbocycles. The van der Waals surface area contributed by atoms with Gasteiger partial charge in [-0.3, -0.25) is 0 Å². The van der Waals surface area contributed by atoms with Crippen molar-refractivity contribution in [2.24, 2.45) is 0 Å². The van der Waals surface area contributed by atoms with Crippen molar-refractivity contribution in [2.45, 2.75) is 0 Å². The highest BCUT2D eigenvalue weighted by molar-refractivity contribution is 6.30. The summed E-state index contributed by atoms with van der Waals surface area (Å²) in [4.78, 5) is 8.83. The summed E-state index contributed by atoms with van der Waals surface area (Å²) in [6.07, 6.45) is 0. The average molecular weight is 316 g/mol. The molecule has 0 aliphatic rings. The van der Waals surface area contributed by atoms with E-state index in [1.165, 1.54) is 0 Å². The standard InChI is InChI=1S/C16H11Cl2N3/c17-12-5-1-10(2-6-12)14-9-15(19)21-16(20-14)11-3-7-13(18)8-4-11/h1-9H,(H2,19,20,21). The van der Waals surface area contributed by atoms with Crippen LogP contribution in [0.3, 0.4) is 0 Å². The summed E-state index contributed by atoms with van der Waals surface area (Å²) in [5, 5.41) is 1.35. The lowest BCUT2D eigenvalue weighted by molar-refractivity contribution is 1.19. The summed E-state index contributed by atoms with van der Waals surface area (Å²) in [7, 11) is 0. The van der Waals surface area contributed by atoms with Crippen LogP contribution >= 0.6 is 23.2 Å². The van der Waals surface area contributed by atoms with E-state index in [0.29, 0.717) is 21.7 Å². The summed E-state index contributed by atoms with van der Waals surface area (Å²) in [5.74, 6) is 0.983. The second-order valence-corrected chi connectivity index (χ2v) is 5.39. The molecule has 0 aliphatic carbocycles. The van der Waals surface area contributed by atoms with E-state index < -0.39 is 0 Å². The number of aromatic nitrogens is 2. The summed E-state index contributed by atoms with van der Waals surface area (Å²) < 4.78 is 0. The van der Waals surface area contributed by atoms with Crippen molar-refractivity contribution >= 4 is 29.0 Å². The Balaban J connectivity index is 2.07. The molecule has 0 spiro atoms. The quantitative estimate of drug-likeness (QED) is 0.745. The first-order valence-electron chi connectivity index (χ1n) is 6.28. The van der Waals surface area contributed by atoms with E-state index in [0.717, 1.165) is 16.8 Å². The maximum Gasteiger partial charge on any atom is 0.162 e. The molecule has 1 heterocycles. The lowest BCUT2D eigenvalue weighted by Crippen LogP contribution is -1.97. The summed E-state index contributed by atoms with van der Waals surface area (Å²) >= 11 is 11.8. The third kappa shape index (κ3) is 3.15. The van der Waals surface area contributed by atoms with E-state index in [-0.39, 0.29) is 0 Å². The average Bonchev–Trinajstić information content (AvgIpc) is 2.48. The van der Waals surface area contributed by atoms with E-state index in [1.807, 2.05) is 36.4 Å². The number of hydrogen-bond acceptors (Lipinski definition) is 3. The number of halogens is 2. The molecule has 0 saturated heterocycles. The van der Waals surface area contributed by atoms with Gasteiger partial charge in [-0.1, -0.05) is 35.3 Å². The maximum atomic E-state index is 5.90. The van der Waals surface area contributed by atoms with Crippen molar-refractivity contribution in [2.75, 3.05) is 5.73 Å². The van der Waals surface area contributed by atoms with Crippen LogP contribution in [0.15, 0.2) is 54.6 Å². The summed E-state index contributed by atoms with van der Waals surface area (Å²) in [5.41, 5.74) is 8.44. The van der Waals surface area contributed by atoms with Crippen molar-refractivity contribution in [3.63, 3.8) is 0 Å². The Bertz CT molecular complexity index is 705. The molecule has 21 heavy (non-hydrogen) atoms. The largest absolute Gasteiger partial charge is 0.384 e. The van der Waals surface area contributed by atoms with Gasteiger partial charge in [0.1, 0.15) is 5.82 Å². The predicted octanol–water partition coefficient (Wildman–Crippen LogP) is 4.70. The van der Waals surface area contributed by atoms with Gasteiger partial charge in [-0.25, -0.2) is 9.97 Å². The van der Waals surface area contributed by atoms with Gasteiger partial charge in [-0.2, -0.15) is 0 Å². The predicted molar refractivity (Wildman–Crippen MR) is 87.3 cm³/mol. The highest BCUT2D eigenvalue weighted by Gasteiger charge is 2.07. The van der Waals surface area contributed by atoms with Gasteiger partial charge in [-0.05, 0) is 36.4 Å². The normalized spacial score (nSPS) is 10.6. The smallest absolute Gasteiger partial charge is 0.162 e. The molecule has 0 aliphatic heterocycles. The molecule has 0 bridgehead atoms. The molecule has 0 fully saturated rings. The fourth-order valence-corrected chi connectivity index (χ4v) is 2.21. The van der Waals surface area contributed by atoms with Gasteiger partial charge in [0.05, 0.1) is 5.69 Å². The van der Waals surface area contributed by atoms with E-state index in [4.69, 9.17) is 28.9 Å². The Kier molecular flexibility index (Phi) is 3.78. The van der Waals surface area contributed by atoms with Gasteiger partial charge < -0.3 is 5.73 Å². The molecule has 0 radical (unpaired) electrons. The van der Waals surface area contributed by atoms with Crippen molar-refractivity contribution in [3.8, 4) is 22.6 Å². The van der Waals surface area contributed by atoms with Crippen LogP contribution in [-0.4, -0.2) is 9.97 Å². The Hall–Kier alpha value is -2.10. The molecule has 3 rings (SSSR count). The van der Waals surface area contributed by atoms with Crippen LogP contribution in [0.1, 0.15) is 0 Å². The Labute approximate surface area is 132 Å². The second-order valence-electron chi connectivity index (χ2n) is 4.52. The van der Waals surface area contributed by atoms with Gasteiger partial charge in [0.25, 0.3) is 0 Å². The van der Waals surface area contributed by atoms with Crippen LogP contribution in [-0.2, 0) is 0 Å². The van der Waals surface area contributed by atoms with E-state index in [2.05, 4.69) is 9.97 Å². The molecule has 0 amide bonds. The van der Waals surface area contributed by atoms with Crippen LogP contribution in [0.25, 0.3) is 22.6 Å². The van der Waals surface area contributed by atoms with Gasteiger partial charge in [0, 0.05) is 27.2 Å². The highest BCUT2D eigenvalue weighted by Crippen LogP contribution is 2.25. The molecule has 5 heteroatoms. The molecule has 0 saturated carbocycles. The molecule has 3 nitrogen and oxygen atoms in total. The fraction of sp³-hybridized carbons (Fsp3) is 0. The first-order valence-corrected chi connectivity index (χ1v) is 7.04. The third-order valence-electron chi connectivity index (χ3n) is 2.99. The molecule has 0 atom stereocenters. The minimum atomic E-state index is 0.417. The van der Waals surface area contributed by atoms with Crippen molar-refractivity contribution in [3.05, 3.63) is 64.6 Å². The van der Waals surface area contributed by atoms with Crippen molar-refractivity contribution in [1.29, 1.82) is 0 Å². The Morgan fingerprint density at radius 2 is 1.24 bits per heavy atom. The minimum Gasteiger partial charge on any atom is -0.384 e. The van der Waals surface area contributed by atoms with Crippen LogP contribution in [0, 0.1) is 0 Å². The number of nitrogen functional groups attached to an aromatic ring is 1. The number of rotatable bonds is 2. The fourth-order valence-electron chi connectivity index (χ4n) is 1.96. The summed E-state index contributed by atoms with van der Waals surface area (Å²) in [6, 6.07) is 16.5. The minimum absolute atomic E-state index is 0.417. The number of nitrogens with two attached hydrogens (primary N) is 1. The van der Waals surface area contributed by atoms with Crippen LogP contribution in [0.5, 0.6) is 0 Å². The van der Waals surface area contributed by atoms with Gasteiger partial charge >= 0.3 is 0 Å². The first-order chi connectivity index (χ1) is 10.1. The zero-order valence-electron chi connectivity index (χ0n) is 10.9. The lowest BCUT2D eigenvalue weighted by Gasteiger charge is -2.06. The van der Waals surface area contributed by atoms with Crippen LogP contribution < -0.4 is 5.73 Å². The molecule has 104 valence electrons. The van der Waals surface area contributed by atoms with Gasteiger partial charge in [-0.15, -0.1) is 0 Å². The number of anilines is 1. The van der Waals surface area contributed by atoms with E-state index in [1.54, 1.807) is 18.2 Å². The zero-order chi connectivity index (χ0) is 14.8. The van der Waals surface area contributed by atoms with E-state index >= 15 is 0 Å². The van der Waals surface area contributed by atoms with Gasteiger partial charge in [0.2, 0.25) is 0 Å². The SMILES string of the molecule is Nc1cc(-c2ccc(Cl)cc2)nc(-c2ccc(Cl)cc2)n1. The molecule has 1 aromatic heterocycles. The van der Waals surface area contributed by atoms with Gasteiger partial charge in [0.15, 0.2) is 5.82 Å². The van der Waals surface area contributed by atoms with Crippen LogP contribution in [0.2, 0.25) is 10.0 Å². The molecule has 3 aromatic rings. The maximum absolute atomic E-state index is 5.90. The third-order valence-corrected chi connectivity index (χ3v) is 3.49. The number of nitrogens with zero attached hydrogens (tertiary/aromatic N) is 2.